The van der Waals surface area contributed by atoms with Gasteiger partial charge in [0.1, 0.15) is 6.61 Å². The first-order valence-corrected chi connectivity index (χ1v) is 11.5. The standard InChI is InChI=1S/C23H30Cl3NO3.ClH/c1-3-5-10-28-11-6-9-27-15-17-12-21(26)23(22(13-17)29-4-2)30-16-18-7-8-19(24)14-20(18)25;/h7-8,12-14,27H,3-6,9-11,15-16H2,1-2H3;1H. The molecule has 0 saturated carbocycles. The molecule has 0 unspecified atom stereocenters. The van der Waals surface area contributed by atoms with E-state index in [1.807, 2.05) is 25.1 Å². The maximum Gasteiger partial charge on any atom is 0.180 e. The van der Waals surface area contributed by atoms with E-state index in [9.17, 15) is 0 Å². The van der Waals surface area contributed by atoms with Crippen molar-refractivity contribution in [1.29, 1.82) is 0 Å². The topological polar surface area (TPSA) is 39.7 Å². The second-order valence-electron chi connectivity index (χ2n) is 6.86. The average molecular weight is 511 g/mol. The molecule has 174 valence electrons. The SMILES string of the molecule is CCCCOCCCNCc1cc(Cl)c(OCc2ccc(Cl)cc2Cl)c(OCC)c1.Cl. The maximum absolute atomic E-state index is 6.51. The van der Waals surface area contributed by atoms with Gasteiger partial charge in [-0.05, 0) is 56.1 Å². The number of hydrogen-bond donors (Lipinski definition) is 1. The van der Waals surface area contributed by atoms with E-state index in [1.54, 1.807) is 12.1 Å². The Morgan fingerprint density at radius 2 is 1.68 bits per heavy atom. The summed E-state index contributed by atoms with van der Waals surface area (Å²) >= 11 is 18.7. The van der Waals surface area contributed by atoms with Crippen LogP contribution < -0.4 is 14.8 Å². The van der Waals surface area contributed by atoms with Crippen LogP contribution in [0.5, 0.6) is 11.5 Å². The summed E-state index contributed by atoms with van der Waals surface area (Å²) in [6.45, 7) is 8.06. The van der Waals surface area contributed by atoms with Crippen LogP contribution in [0, 0.1) is 0 Å². The van der Waals surface area contributed by atoms with Crippen LogP contribution in [0.15, 0.2) is 30.3 Å². The van der Waals surface area contributed by atoms with Crippen LogP contribution >= 0.6 is 47.2 Å². The van der Waals surface area contributed by atoms with Gasteiger partial charge >= 0.3 is 0 Å². The number of hydrogen-bond acceptors (Lipinski definition) is 4. The van der Waals surface area contributed by atoms with Crippen LogP contribution in [-0.4, -0.2) is 26.4 Å². The molecule has 2 rings (SSSR count). The van der Waals surface area contributed by atoms with Crippen LogP contribution in [-0.2, 0) is 17.9 Å². The maximum atomic E-state index is 6.51. The summed E-state index contributed by atoms with van der Waals surface area (Å²) in [5, 5.41) is 5.06. The molecule has 0 radical (unpaired) electrons. The van der Waals surface area contributed by atoms with Crippen LogP contribution in [0.25, 0.3) is 0 Å². The number of benzene rings is 2. The number of rotatable bonds is 14. The highest BCUT2D eigenvalue weighted by Crippen LogP contribution is 2.37. The Morgan fingerprint density at radius 3 is 2.39 bits per heavy atom. The van der Waals surface area contributed by atoms with Crippen LogP contribution in [0.1, 0.15) is 44.2 Å². The lowest BCUT2D eigenvalue weighted by atomic mass is 10.2. The van der Waals surface area contributed by atoms with Crippen LogP contribution in [0.3, 0.4) is 0 Å². The predicted molar refractivity (Wildman–Crippen MR) is 133 cm³/mol. The first kappa shape index (κ1) is 28.2. The lowest BCUT2D eigenvalue weighted by Gasteiger charge is -2.16. The van der Waals surface area contributed by atoms with Gasteiger partial charge in [0.25, 0.3) is 0 Å². The molecule has 0 spiro atoms. The van der Waals surface area contributed by atoms with Crippen molar-refractivity contribution >= 4 is 47.2 Å². The summed E-state index contributed by atoms with van der Waals surface area (Å²) < 4.78 is 17.3. The van der Waals surface area contributed by atoms with Gasteiger partial charge in [-0.25, -0.2) is 0 Å². The van der Waals surface area contributed by atoms with Crippen molar-refractivity contribution in [2.24, 2.45) is 0 Å². The van der Waals surface area contributed by atoms with Crippen LogP contribution in [0.2, 0.25) is 15.1 Å². The minimum Gasteiger partial charge on any atom is -0.490 e. The predicted octanol–water partition coefficient (Wildman–Crippen LogP) is 7.34. The zero-order valence-corrected chi connectivity index (χ0v) is 21.1. The Morgan fingerprint density at radius 1 is 0.903 bits per heavy atom. The van der Waals surface area contributed by atoms with Gasteiger partial charge in [0.15, 0.2) is 11.5 Å². The molecule has 0 aliphatic carbocycles. The first-order chi connectivity index (χ1) is 14.5. The molecule has 1 N–H and O–H groups in total. The van der Waals surface area contributed by atoms with Crippen molar-refractivity contribution in [1.82, 2.24) is 5.32 Å². The zero-order chi connectivity index (χ0) is 21.8. The summed E-state index contributed by atoms with van der Waals surface area (Å²) in [6.07, 6.45) is 3.25. The van der Waals surface area contributed by atoms with E-state index < -0.39 is 0 Å². The van der Waals surface area contributed by atoms with E-state index in [0.717, 1.165) is 50.1 Å². The van der Waals surface area contributed by atoms with E-state index >= 15 is 0 Å². The molecule has 0 bridgehead atoms. The van der Waals surface area contributed by atoms with Gasteiger partial charge in [0, 0.05) is 35.4 Å². The Bertz CT molecular complexity index is 790. The Hall–Kier alpha value is -0.880. The summed E-state index contributed by atoms with van der Waals surface area (Å²) in [5.74, 6) is 1.13. The van der Waals surface area contributed by atoms with Gasteiger partial charge in [-0.2, -0.15) is 0 Å². The van der Waals surface area contributed by atoms with Crippen molar-refractivity contribution < 1.29 is 14.2 Å². The van der Waals surface area contributed by atoms with Crippen molar-refractivity contribution in [2.75, 3.05) is 26.4 Å². The van der Waals surface area contributed by atoms with Gasteiger partial charge in [-0.15, -0.1) is 12.4 Å². The minimum absolute atomic E-state index is 0. The second-order valence-corrected chi connectivity index (χ2v) is 8.11. The molecule has 0 fully saturated rings. The van der Waals surface area contributed by atoms with Gasteiger partial charge in [-0.3, -0.25) is 0 Å². The largest absolute Gasteiger partial charge is 0.490 e. The smallest absolute Gasteiger partial charge is 0.180 e. The third-order valence-electron chi connectivity index (χ3n) is 4.37. The van der Waals surface area contributed by atoms with E-state index in [1.165, 1.54) is 0 Å². The quantitative estimate of drug-likeness (QED) is 0.270. The molecule has 0 saturated heterocycles. The Kier molecular flexibility index (Phi) is 14.4. The molecule has 0 atom stereocenters. The molecule has 0 aliphatic heterocycles. The molecule has 2 aromatic rings. The highest BCUT2D eigenvalue weighted by molar-refractivity contribution is 6.35. The number of halogens is 4. The van der Waals surface area contributed by atoms with Crippen LogP contribution in [0.4, 0.5) is 0 Å². The van der Waals surface area contributed by atoms with Crippen molar-refractivity contribution in [2.45, 2.75) is 46.3 Å². The molecule has 0 amide bonds. The minimum atomic E-state index is 0. The third kappa shape index (κ3) is 10.1. The lowest BCUT2D eigenvalue weighted by molar-refractivity contribution is 0.129. The average Bonchev–Trinajstić information content (AvgIpc) is 2.71. The van der Waals surface area contributed by atoms with E-state index in [2.05, 4.69) is 12.2 Å². The summed E-state index contributed by atoms with van der Waals surface area (Å²) in [4.78, 5) is 0. The van der Waals surface area contributed by atoms with E-state index in [4.69, 9.17) is 49.0 Å². The number of nitrogens with one attached hydrogen (secondary N) is 1. The number of ether oxygens (including phenoxy) is 3. The van der Waals surface area contributed by atoms with Crippen molar-refractivity contribution in [3.63, 3.8) is 0 Å². The fraction of sp³-hybridized carbons (Fsp3) is 0.478. The molecule has 31 heavy (non-hydrogen) atoms. The molecule has 2 aromatic carbocycles. The molecule has 0 heterocycles. The summed E-state index contributed by atoms with van der Waals surface area (Å²) in [6, 6.07) is 9.16. The Labute approximate surface area is 206 Å². The summed E-state index contributed by atoms with van der Waals surface area (Å²) in [5.41, 5.74) is 1.86. The molecule has 0 aromatic heterocycles. The molecule has 8 heteroatoms. The third-order valence-corrected chi connectivity index (χ3v) is 5.24. The van der Waals surface area contributed by atoms with Gasteiger partial charge in [0.2, 0.25) is 0 Å². The second kappa shape index (κ2) is 15.8. The fourth-order valence-corrected chi connectivity index (χ4v) is 3.55. The van der Waals surface area contributed by atoms with Gasteiger partial charge < -0.3 is 19.5 Å². The van der Waals surface area contributed by atoms with Crippen molar-refractivity contribution in [3.8, 4) is 11.5 Å². The van der Waals surface area contributed by atoms with Gasteiger partial charge in [-0.1, -0.05) is 54.2 Å². The molecule has 4 nitrogen and oxygen atoms in total. The highest BCUT2D eigenvalue weighted by atomic mass is 35.5. The molecular weight excluding hydrogens is 480 g/mol. The fourth-order valence-electron chi connectivity index (χ4n) is 2.80. The summed E-state index contributed by atoms with van der Waals surface area (Å²) in [7, 11) is 0. The monoisotopic (exact) mass is 509 g/mol. The van der Waals surface area contributed by atoms with E-state index in [0.29, 0.717) is 39.7 Å². The van der Waals surface area contributed by atoms with Crippen molar-refractivity contribution in [3.05, 3.63) is 56.5 Å². The highest BCUT2D eigenvalue weighted by Gasteiger charge is 2.14. The number of unbranched alkanes of at least 4 members (excludes halogenated alkanes) is 1. The molecule has 0 aliphatic rings. The van der Waals surface area contributed by atoms with Gasteiger partial charge in [0.05, 0.1) is 11.6 Å². The zero-order valence-electron chi connectivity index (χ0n) is 18.0. The molecular formula is C23H31Cl4NO3. The normalized spacial score (nSPS) is 10.6. The Balaban J connectivity index is 0.00000480. The lowest BCUT2D eigenvalue weighted by Crippen LogP contribution is -2.16. The van der Waals surface area contributed by atoms with E-state index in [-0.39, 0.29) is 19.0 Å². The first-order valence-electron chi connectivity index (χ1n) is 10.4.